The monoisotopic (exact) mass is 390 g/mol. The average Bonchev–Trinajstić information content (AvgIpc) is 3.03. The first-order chi connectivity index (χ1) is 13.5. The van der Waals surface area contributed by atoms with Gasteiger partial charge in [-0.1, -0.05) is 66.2 Å². The number of aryl methyl sites for hydroxylation is 2. The summed E-state index contributed by atoms with van der Waals surface area (Å²) in [5, 5.41) is 1.01. The van der Waals surface area contributed by atoms with Crippen LogP contribution < -0.4 is 4.72 Å². The molecule has 0 aliphatic carbocycles. The largest absolute Gasteiger partial charge is 0.358 e. The number of nitrogens with one attached hydrogen (secondary N) is 2. The average molecular weight is 391 g/mol. The van der Waals surface area contributed by atoms with Crippen LogP contribution in [0, 0.1) is 13.8 Å². The highest BCUT2D eigenvalue weighted by molar-refractivity contribution is 7.89. The number of H-pyrrole nitrogens is 1. The molecule has 142 valence electrons. The van der Waals surface area contributed by atoms with E-state index >= 15 is 0 Å². The Morgan fingerprint density at radius 3 is 2.18 bits per heavy atom. The van der Waals surface area contributed by atoms with Crippen LogP contribution in [0.2, 0.25) is 0 Å². The lowest BCUT2D eigenvalue weighted by Gasteiger charge is -2.20. The van der Waals surface area contributed by atoms with Crippen LogP contribution >= 0.6 is 0 Å². The lowest BCUT2D eigenvalue weighted by atomic mass is 9.97. The van der Waals surface area contributed by atoms with Gasteiger partial charge < -0.3 is 4.98 Å². The lowest BCUT2D eigenvalue weighted by Crippen LogP contribution is -2.29. The van der Waals surface area contributed by atoms with Crippen molar-refractivity contribution in [1.82, 2.24) is 9.71 Å². The zero-order chi connectivity index (χ0) is 19.7. The number of aromatic amines is 1. The number of rotatable bonds is 5. The predicted octanol–water partition coefficient (Wildman–Crippen LogP) is 4.85. The molecule has 28 heavy (non-hydrogen) atoms. The molecule has 3 aromatic carbocycles. The highest BCUT2D eigenvalue weighted by Crippen LogP contribution is 2.33. The third-order valence-corrected chi connectivity index (χ3v) is 6.41. The smallest absolute Gasteiger partial charge is 0.241 e. The first-order valence-electron chi connectivity index (χ1n) is 9.17. The van der Waals surface area contributed by atoms with Gasteiger partial charge in [-0.05, 0) is 37.6 Å². The topological polar surface area (TPSA) is 62.0 Å². The molecule has 4 rings (SSSR count). The third-order valence-electron chi connectivity index (χ3n) is 4.97. The van der Waals surface area contributed by atoms with Crippen LogP contribution in [0.4, 0.5) is 0 Å². The summed E-state index contributed by atoms with van der Waals surface area (Å²) in [5.41, 5.74) is 4.79. The van der Waals surface area contributed by atoms with Gasteiger partial charge in [-0.2, -0.15) is 4.72 Å². The lowest BCUT2D eigenvalue weighted by molar-refractivity contribution is 0.572. The van der Waals surface area contributed by atoms with Crippen molar-refractivity contribution in [2.45, 2.75) is 24.8 Å². The number of fused-ring (bicyclic) bond motifs is 1. The molecule has 0 aliphatic rings. The van der Waals surface area contributed by atoms with Gasteiger partial charge >= 0.3 is 0 Å². The molecule has 1 heterocycles. The fourth-order valence-corrected chi connectivity index (χ4v) is 4.74. The van der Waals surface area contributed by atoms with Crippen molar-refractivity contribution in [3.8, 4) is 0 Å². The molecule has 0 bridgehead atoms. The maximum Gasteiger partial charge on any atom is 0.241 e. The van der Waals surface area contributed by atoms with E-state index in [1.807, 2.05) is 80.6 Å². The van der Waals surface area contributed by atoms with Crippen LogP contribution in [-0.2, 0) is 10.0 Å². The van der Waals surface area contributed by atoms with Crippen molar-refractivity contribution in [3.05, 3.63) is 101 Å². The maximum atomic E-state index is 13.1. The Kier molecular flexibility index (Phi) is 4.79. The van der Waals surface area contributed by atoms with E-state index in [9.17, 15) is 8.42 Å². The Hall–Kier alpha value is -2.89. The number of hydrogen-bond acceptors (Lipinski definition) is 2. The van der Waals surface area contributed by atoms with Gasteiger partial charge in [0.2, 0.25) is 10.0 Å². The summed E-state index contributed by atoms with van der Waals surface area (Å²) < 4.78 is 29.2. The highest BCUT2D eigenvalue weighted by Gasteiger charge is 2.26. The molecule has 4 nitrogen and oxygen atoms in total. The van der Waals surface area contributed by atoms with Gasteiger partial charge in [0.05, 0.1) is 10.9 Å². The standard InChI is InChI=1S/C23H22N2O2S/c1-16-12-14-19(15-13-16)28(26,27)25-23(18-8-4-3-5-9-18)22-17(2)24-21-11-7-6-10-20(21)22/h3-15,23-25H,1-2H3. The highest BCUT2D eigenvalue weighted by atomic mass is 32.2. The van der Waals surface area contributed by atoms with Gasteiger partial charge in [-0.15, -0.1) is 0 Å². The zero-order valence-corrected chi connectivity index (χ0v) is 16.6. The minimum absolute atomic E-state index is 0.261. The molecule has 0 saturated heterocycles. The predicted molar refractivity (Wildman–Crippen MR) is 113 cm³/mol. The fraction of sp³-hybridized carbons (Fsp3) is 0.130. The molecule has 5 heteroatoms. The first kappa shape index (κ1) is 18.5. The van der Waals surface area contributed by atoms with Crippen LogP contribution in [0.1, 0.15) is 28.4 Å². The van der Waals surface area contributed by atoms with Gasteiger partial charge in [0.25, 0.3) is 0 Å². The molecule has 1 aromatic heterocycles. The van der Waals surface area contributed by atoms with Crippen molar-refractivity contribution >= 4 is 20.9 Å². The molecular formula is C23H22N2O2S. The number of benzene rings is 3. The summed E-state index contributed by atoms with van der Waals surface area (Å²) in [6.07, 6.45) is 0. The van der Waals surface area contributed by atoms with Crippen LogP contribution in [0.5, 0.6) is 0 Å². The van der Waals surface area contributed by atoms with Crippen molar-refractivity contribution in [3.63, 3.8) is 0 Å². The molecule has 0 radical (unpaired) electrons. The van der Waals surface area contributed by atoms with E-state index in [4.69, 9.17) is 0 Å². The van der Waals surface area contributed by atoms with E-state index < -0.39 is 16.1 Å². The fourth-order valence-electron chi connectivity index (χ4n) is 3.55. The second-order valence-corrected chi connectivity index (χ2v) is 8.70. The maximum absolute atomic E-state index is 13.1. The van der Waals surface area contributed by atoms with Gasteiger partial charge in [0, 0.05) is 22.2 Å². The summed E-state index contributed by atoms with van der Waals surface area (Å²) in [4.78, 5) is 3.64. The van der Waals surface area contributed by atoms with Crippen molar-refractivity contribution in [2.24, 2.45) is 0 Å². The Labute approximate surface area is 165 Å². The minimum atomic E-state index is -3.70. The van der Waals surface area contributed by atoms with E-state index in [-0.39, 0.29) is 4.90 Å². The normalized spacial score (nSPS) is 12.9. The van der Waals surface area contributed by atoms with Gasteiger partial charge in [-0.25, -0.2) is 8.42 Å². The molecule has 1 unspecified atom stereocenters. The van der Waals surface area contributed by atoms with E-state index in [0.29, 0.717) is 0 Å². The molecular weight excluding hydrogens is 368 g/mol. The second-order valence-electron chi connectivity index (χ2n) is 6.99. The van der Waals surface area contributed by atoms with Crippen LogP contribution in [0.15, 0.2) is 83.8 Å². The molecule has 0 fully saturated rings. The van der Waals surface area contributed by atoms with Gasteiger partial charge in [0.15, 0.2) is 0 Å². The number of aromatic nitrogens is 1. The number of sulfonamides is 1. The Morgan fingerprint density at radius 2 is 1.46 bits per heavy atom. The third kappa shape index (κ3) is 3.46. The number of para-hydroxylation sites is 1. The minimum Gasteiger partial charge on any atom is -0.358 e. The summed E-state index contributed by atoms with van der Waals surface area (Å²) in [6, 6.07) is 24.0. The summed E-state index contributed by atoms with van der Waals surface area (Å²) in [7, 11) is -3.70. The molecule has 0 aliphatic heterocycles. The van der Waals surface area contributed by atoms with Crippen molar-refractivity contribution in [1.29, 1.82) is 0 Å². The molecule has 4 aromatic rings. The zero-order valence-electron chi connectivity index (χ0n) is 15.8. The SMILES string of the molecule is Cc1ccc(S(=O)(=O)NC(c2ccccc2)c2c(C)[nH]c3ccccc23)cc1. The van der Waals surface area contributed by atoms with Gasteiger partial charge in [-0.3, -0.25) is 0 Å². The molecule has 0 saturated carbocycles. The van der Waals surface area contributed by atoms with Crippen molar-refractivity contribution in [2.75, 3.05) is 0 Å². The van der Waals surface area contributed by atoms with Gasteiger partial charge in [0.1, 0.15) is 0 Å². The van der Waals surface area contributed by atoms with E-state index in [2.05, 4.69) is 9.71 Å². The van der Waals surface area contributed by atoms with E-state index in [1.54, 1.807) is 12.1 Å². The number of hydrogen-bond donors (Lipinski definition) is 2. The van der Waals surface area contributed by atoms with E-state index in [1.165, 1.54) is 0 Å². The Morgan fingerprint density at radius 1 is 0.821 bits per heavy atom. The first-order valence-corrected chi connectivity index (χ1v) is 10.7. The Balaban J connectivity index is 1.85. The summed E-state index contributed by atoms with van der Waals surface area (Å²) in [5.74, 6) is 0. The summed E-state index contributed by atoms with van der Waals surface area (Å²) >= 11 is 0. The second kappa shape index (κ2) is 7.26. The van der Waals surface area contributed by atoms with Crippen LogP contribution in [-0.4, -0.2) is 13.4 Å². The van der Waals surface area contributed by atoms with Crippen LogP contribution in [0.3, 0.4) is 0 Å². The molecule has 1 atom stereocenters. The van der Waals surface area contributed by atoms with Crippen LogP contribution in [0.25, 0.3) is 10.9 Å². The Bertz CT molecular complexity index is 1210. The quantitative estimate of drug-likeness (QED) is 0.511. The molecule has 2 N–H and O–H groups in total. The van der Waals surface area contributed by atoms with Crippen molar-refractivity contribution < 1.29 is 8.42 Å². The van der Waals surface area contributed by atoms with E-state index in [0.717, 1.165) is 33.3 Å². The molecule has 0 spiro atoms. The molecule has 0 amide bonds. The summed E-state index contributed by atoms with van der Waals surface area (Å²) in [6.45, 7) is 3.91.